The molecule has 18 heavy (non-hydrogen) atoms. The standard InChI is InChI=1S/C14H21NO2S/c1-13(2)7-9-11(10(16)8-13)18-12(15-9)14(17-3)5-4-6-14/h10,16H,4-8H2,1-3H3. The molecule has 1 unspecified atom stereocenters. The highest BCUT2D eigenvalue weighted by molar-refractivity contribution is 7.12. The smallest absolute Gasteiger partial charge is 0.125 e. The molecule has 2 aliphatic carbocycles. The SMILES string of the molecule is COC1(c2nc3c(s2)C(O)CC(C)(C)C3)CCC1. The van der Waals surface area contributed by atoms with Gasteiger partial charge < -0.3 is 9.84 Å². The molecule has 0 spiro atoms. The first-order valence-corrected chi connectivity index (χ1v) is 7.51. The normalized spacial score (nSPS) is 28.6. The minimum Gasteiger partial charge on any atom is -0.387 e. The summed E-state index contributed by atoms with van der Waals surface area (Å²) in [6, 6.07) is 0. The Hall–Kier alpha value is -0.450. The van der Waals surface area contributed by atoms with Gasteiger partial charge in [-0.15, -0.1) is 11.3 Å². The van der Waals surface area contributed by atoms with Crippen LogP contribution in [0.4, 0.5) is 0 Å². The third kappa shape index (κ3) is 1.82. The molecular weight excluding hydrogens is 246 g/mol. The van der Waals surface area contributed by atoms with Crippen molar-refractivity contribution in [2.45, 2.75) is 57.7 Å². The molecule has 1 saturated carbocycles. The van der Waals surface area contributed by atoms with Gasteiger partial charge in [0.15, 0.2) is 0 Å². The molecule has 0 aromatic carbocycles. The first-order chi connectivity index (χ1) is 8.46. The minimum absolute atomic E-state index is 0.147. The van der Waals surface area contributed by atoms with E-state index in [4.69, 9.17) is 9.72 Å². The van der Waals surface area contributed by atoms with E-state index >= 15 is 0 Å². The summed E-state index contributed by atoms with van der Waals surface area (Å²) in [5.41, 5.74) is 1.10. The molecule has 2 aliphatic rings. The maximum absolute atomic E-state index is 10.3. The molecule has 1 aromatic rings. The molecule has 0 amide bonds. The summed E-state index contributed by atoms with van der Waals surface area (Å²) >= 11 is 1.67. The fourth-order valence-corrected chi connectivity index (χ4v) is 4.38. The van der Waals surface area contributed by atoms with Crippen molar-refractivity contribution in [2.75, 3.05) is 7.11 Å². The lowest BCUT2D eigenvalue weighted by Crippen LogP contribution is -2.36. The summed E-state index contributed by atoms with van der Waals surface area (Å²) in [6.07, 6.45) is 4.80. The fraction of sp³-hybridized carbons (Fsp3) is 0.786. The van der Waals surface area contributed by atoms with Gasteiger partial charge in [0, 0.05) is 7.11 Å². The van der Waals surface area contributed by atoms with Gasteiger partial charge in [0.05, 0.1) is 16.7 Å². The van der Waals surface area contributed by atoms with Crippen molar-refractivity contribution in [3.63, 3.8) is 0 Å². The monoisotopic (exact) mass is 267 g/mol. The van der Waals surface area contributed by atoms with Gasteiger partial charge in [0.2, 0.25) is 0 Å². The first kappa shape index (κ1) is 12.6. The molecule has 0 aliphatic heterocycles. The maximum Gasteiger partial charge on any atom is 0.125 e. The van der Waals surface area contributed by atoms with Crippen LogP contribution in [0, 0.1) is 5.41 Å². The summed E-state index contributed by atoms with van der Waals surface area (Å²) in [7, 11) is 1.78. The number of aliphatic hydroxyl groups is 1. The number of fused-ring (bicyclic) bond motifs is 1. The van der Waals surface area contributed by atoms with Crippen LogP contribution in [0.3, 0.4) is 0 Å². The molecule has 1 N–H and O–H groups in total. The lowest BCUT2D eigenvalue weighted by molar-refractivity contribution is -0.0780. The third-order valence-electron chi connectivity index (χ3n) is 4.36. The van der Waals surface area contributed by atoms with Crippen molar-refractivity contribution < 1.29 is 9.84 Å². The lowest BCUT2D eigenvalue weighted by Gasteiger charge is -2.38. The second kappa shape index (κ2) is 4.02. The topological polar surface area (TPSA) is 42.4 Å². The Bertz CT molecular complexity index is 457. The molecule has 1 aromatic heterocycles. The Labute approximate surface area is 112 Å². The lowest BCUT2D eigenvalue weighted by atomic mass is 9.77. The quantitative estimate of drug-likeness (QED) is 0.895. The highest BCUT2D eigenvalue weighted by Crippen LogP contribution is 2.50. The molecule has 1 heterocycles. The van der Waals surface area contributed by atoms with Crippen molar-refractivity contribution in [1.29, 1.82) is 0 Å². The van der Waals surface area contributed by atoms with Crippen LogP contribution in [0.1, 0.15) is 61.2 Å². The summed E-state index contributed by atoms with van der Waals surface area (Å²) in [5, 5.41) is 11.4. The molecular formula is C14H21NO2S. The van der Waals surface area contributed by atoms with Crippen molar-refractivity contribution >= 4 is 11.3 Å². The van der Waals surface area contributed by atoms with Crippen molar-refractivity contribution in [2.24, 2.45) is 5.41 Å². The van der Waals surface area contributed by atoms with Crippen molar-refractivity contribution in [3.8, 4) is 0 Å². The highest BCUT2D eigenvalue weighted by atomic mass is 32.1. The van der Waals surface area contributed by atoms with E-state index in [9.17, 15) is 5.11 Å². The van der Waals surface area contributed by atoms with E-state index in [0.29, 0.717) is 0 Å². The summed E-state index contributed by atoms with van der Waals surface area (Å²) < 4.78 is 5.69. The van der Waals surface area contributed by atoms with Crippen molar-refractivity contribution in [3.05, 3.63) is 15.6 Å². The Morgan fingerprint density at radius 2 is 2.11 bits per heavy atom. The zero-order valence-electron chi connectivity index (χ0n) is 11.3. The average Bonchev–Trinajstić information content (AvgIpc) is 2.59. The molecule has 0 bridgehead atoms. The van der Waals surface area contributed by atoms with Crippen LogP contribution in [0.15, 0.2) is 0 Å². The van der Waals surface area contributed by atoms with E-state index in [0.717, 1.165) is 41.3 Å². The fourth-order valence-electron chi connectivity index (χ4n) is 3.09. The number of aliphatic hydroxyl groups excluding tert-OH is 1. The molecule has 100 valence electrons. The Morgan fingerprint density at radius 3 is 2.67 bits per heavy atom. The van der Waals surface area contributed by atoms with E-state index in [1.54, 1.807) is 18.4 Å². The van der Waals surface area contributed by atoms with Crippen LogP contribution in [0.5, 0.6) is 0 Å². The van der Waals surface area contributed by atoms with E-state index in [-0.39, 0.29) is 17.1 Å². The molecule has 3 rings (SSSR count). The van der Waals surface area contributed by atoms with Gasteiger partial charge >= 0.3 is 0 Å². The number of nitrogens with zero attached hydrogens (tertiary/aromatic N) is 1. The van der Waals surface area contributed by atoms with Crippen LogP contribution in [0.25, 0.3) is 0 Å². The zero-order chi connectivity index (χ0) is 13.0. The van der Waals surface area contributed by atoms with Gasteiger partial charge in [-0.1, -0.05) is 13.8 Å². The van der Waals surface area contributed by atoms with Gasteiger partial charge in [0.25, 0.3) is 0 Å². The molecule has 1 atom stereocenters. The van der Waals surface area contributed by atoms with E-state index < -0.39 is 0 Å². The number of thiazole rings is 1. The highest BCUT2D eigenvalue weighted by Gasteiger charge is 2.44. The molecule has 0 saturated heterocycles. The van der Waals surface area contributed by atoms with Crippen LogP contribution in [-0.2, 0) is 16.8 Å². The van der Waals surface area contributed by atoms with Crippen LogP contribution < -0.4 is 0 Å². The van der Waals surface area contributed by atoms with E-state index in [1.165, 1.54) is 6.42 Å². The Kier molecular flexibility index (Phi) is 2.81. The van der Waals surface area contributed by atoms with Gasteiger partial charge in [-0.05, 0) is 37.5 Å². The number of methoxy groups -OCH3 is 1. The largest absolute Gasteiger partial charge is 0.387 e. The Balaban J connectivity index is 1.97. The third-order valence-corrected chi connectivity index (χ3v) is 5.75. The Morgan fingerprint density at radius 1 is 1.39 bits per heavy atom. The first-order valence-electron chi connectivity index (χ1n) is 6.69. The summed E-state index contributed by atoms with van der Waals surface area (Å²) in [6.45, 7) is 4.40. The van der Waals surface area contributed by atoms with E-state index in [2.05, 4.69) is 13.8 Å². The van der Waals surface area contributed by atoms with E-state index in [1.807, 2.05) is 0 Å². The maximum atomic E-state index is 10.3. The second-order valence-electron chi connectivity index (χ2n) is 6.44. The number of ether oxygens (including phenoxy) is 1. The number of hydrogen-bond acceptors (Lipinski definition) is 4. The predicted molar refractivity (Wildman–Crippen MR) is 71.7 cm³/mol. The van der Waals surface area contributed by atoms with Crippen LogP contribution in [0.2, 0.25) is 0 Å². The van der Waals surface area contributed by atoms with Crippen molar-refractivity contribution in [1.82, 2.24) is 4.98 Å². The number of hydrogen-bond donors (Lipinski definition) is 1. The summed E-state index contributed by atoms with van der Waals surface area (Å²) in [4.78, 5) is 5.87. The average molecular weight is 267 g/mol. The van der Waals surface area contributed by atoms with Crippen LogP contribution in [-0.4, -0.2) is 17.2 Å². The summed E-state index contributed by atoms with van der Waals surface area (Å²) in [5.74, 6) is 0. The van der Waals surface area contributed by atoms with Gasteiger partial charge in [-0.25, -0.2) is 4.98 Å². The number of aromatic nitrogens is 1. The second-order valence-corrected chi connectivity index (χ2v) is 7.47. The van der Waals surface area contributed by atoms with Crippen LogP contribution >= 0.6 is 11.3 Å². The van der Waals surface area contributed by atoms with Gasteiger partial charge in [-0.2, -0.15) is 0 Å². The molecule has 3 nitrogen and oxygen atoms in total. The molecule has 4 heteroatoms. The van der Waals surface area contributed by atoms with Gasteiger partial charge in [-0.3, -0.25) is 0 Å². The number of rotatable bonds is 2. The van der Waals surface area contributed by atoms with Gasteiger partial charge in [0.1, 0.15) is 10.6 Å². The molecule has 1 fully saturated rings. The zero-order valence-corrected chi connectivity index (χ0v) is 12.1. The minimum atomic E-state index is -0.344. The molecule has 0 radical (unpaired) electrons. The predicted octanol–water partition coefficient (Wildman–Crippen LogP) is 3.17.